The van der Waals surface area contributed by atoms with Crippen molar-refractivity contribution >= 4 is 111 Å². The summed E-state index contributed by atoms with van der Waals surface area (Å²) in [7, 11) is 0. The third-order valence-electron chi connectivity index (χ3n) is 16.7. The van der Waals surface area contributed by atoms with E-state index < -0.39 is 0 Å². The highest BCUT2D eigenvalue weighted by Gasteiger charge is 2.48. The fourth-order valence-electron chi connectivity index (χ4n) is 12.4. The van der Waals surface area contributed by atoms with Crippen LogP contribution in [0.15, 0.2) is 156 Å². The van der Waals surface area contributed by atoms with E-state index in [0.29, 0.717) is 0 Å². The van der Waals surface area contributed by atoms with E-state index in [1.807, 2.05) is 11.3 Å². The smallest absolute Gasteiger partial charge is 0.343 e. The van der Waals surface area contributed by atoms with Gasteiger partial charge in [0.05, 0.1) is 22.1 Å². The van der Waals surface area contributed by atoms with Gasteiger partial charge in [0, 0.05) is 65.0 Å². The van der Waals surface area contributed by atoms with Crippen molar-refractivity contribution in [1.82, 2.24) is 4.57 Å². The molecule has 0 saturated carbocycles. The molecule has 2 aliphatic rings. The zero-order valence-electron chi connectivity index (χ0n) is 47.2. The first-order chi connectivity index (χ1) is 35.9. The SMILES string of the molecule is CC(C)(C)c1ccc(N2B3c4sc5ccc(C(C)(C)C)cc5c4-n4c5ccc(N(c6ccc(C(C)(C)C)cc6)c6ccc(C(C)(C)C)cc6)cc5c5c6oc7ccccc7c6c(c3c54)-c3cc(C(C)(C)C)ccc32)cc1. The lowest BCUT2D eigenvalue weighted by molar-refractivity contribution is 0.590. The molecule has 0 unspecified atom stereocenters. The van der Waals surface area contributed by atoms with Crippen molar-refractivity contribution in [1.29, 1.82) is 0 Å². The summed E-state index contributed by atoms with van der Waals surface area (Å²) in [6, 6.07) is 58.5. The van der Waals surface area contributed by atoms with Crippen molar-refractivity contribution in [2.75, 3.05) is 9.71 Å². The number of benzene rings is 8. The maximum absolute atomic E-state index is 7.42. The number of thiophene rings is 1. The normalized spacial score (nSPS) is 13.9. The van der Waals surface area contributed by atoms with Gasteiger partial charge in [0.2, 0.25) is 0 Å². The number of nitrogens with zero attached hydrogens (tertiary/aromatic N) is 3. The van der Waals surface area contributed by atoms with Crippen LogP contribution < -0.4 is 20.0 Å². The van der Waals surface area contributed by atoms with Crippen LogP contribution in [0.5, 0.6) is 0 Å². The number of hydrogen-bond donors (Lipinski definition) is 0. The number of para-hydroxylation sites is 1. The molecule has 76 heavy (non-hydrogen) atoms. The molecule has 8 aromatic carbocycles. The van der Waals surface area contributed by atoms with E-state index in [4.69, 9.17) is 4.42 Å². The maximum Gasteiger partial charge on any atom is 0.343 e. The average Bonchev–Trinajstić information content (AvgIpc) is 4.07. The second kappa shape index (κ2) is 16.3. The standard InChI is InChI=1S/C70H70BN3OS/c1-66(2,3)41-20-28-46(29-21-41)72(47-30-22-42(23-31-47)67(4,5)6)49-34-36-54-52(40-49)60-63-61-58(59-50-18-16-17-19-56(50)75-64(59)60)51-38-44(69(10,11)12)26-35-55(51)74(48-32-24-43(25-33-48)68(7,8)9)71(61)65-62(73(54)63)53-39-45(70(13,14)15)27-37-57(53)76-65/h16-40H,1-15H3. The number of aromatic nitrogens is 1. The van der Waals surface area contributed by atoms with Crippen LogP contribution >= 0.6 is 11.3 Å². The van der Waals surface area contributed by atoms with Gasteiger partial charge in [-0.3, -0.25) is 0 Å². The minimum Gasteiger partial charge on any atom is -0.455 e. The van der Waals surface area contributed by atoms with Gasteiger partial charge < -0.3 is 18.7 Å². The molecule has 0 aliphatic carbocycles. The van der Waals surface area contributed by atoms with Crippen LogP contribution in [-0.2, 0) is 27.1 Å². The summed E-state index contributed by atoms with van der Waals surface area (Å²) in [5.74, 6) is 0. The Bertz CT molecular complexity index is 4110. The molecule has 0 fully saturated rings. The average molecular weight is 1010 g/mol. The molecular weight excluding hydrogens is 942 g/mol. The quantitative estimate of drug-likeness (QED) is 0.164. The Morgan fingerprint density at radius 1 is 0.474 bits per heavy atom. The van der Waals surface area contributed by atoms with Crippen LogP contribution in [0.25, 0.3) is 70.6 Å². The highest BCUT2D eigenvalue weighted by Crippen LogP contribution is 2.54. The molecule has 0 bridgehead atoms. The van der Waals surface area contributed by atoms with Gasteiger partial charge in [-0.05, 0) is 151 Å². The minimum atomic E-state index is -0.134. The monoisotopic (exact) mass is 1010 g/mol. The highest BCUT2D eigenvalue weighted by atomic mass is 32.1. The fraction of sp³-hybridized carbons (Fsp3) is 0.286. The zero-order chi connectivity index (χ0) is 53.3. The van der Waals surface area contributed by atoms with Gasteiger partial charge in [-0.25, -0.2) is 0 Å². The lowest BCUT2D eigenvalue weighted by Crippen LogP contribution is -2.59. The molecule has 3 aromatic heterocycles. The van der Waals surface area contributed by atoms with E-state index in [9.17, 15) is 0 Å². The summed E-state index contributed by atoms with van der Waals surface area (Å²) < 4.78 is 12.7. The second-order valence-corrected chi connectivity index (χ2v) is 28.2. The van der Waals surface area contributed by atoms with Gasteiger partial charge in [0.25, 0.3) is 0 Å². The van der Waals surface area contributed by atoms with Crippen molar-refractivity contribution in [3.63, 3.8) is 0 Å². The van der Waals surface area contributed by atoms with Gasteiger partial charge >= 0.3 is 6.85 Å². The van der Waals surface area contributed by atoms with Gasteiger partial charge in [0.1, 0.15) is 11.2 Å². The Morgan fingerprint density at radius 2 is 1.00 bits per heavy atom. The first-order valence-electron chi connectivity index (χ1n) is 27.4. The Balaban J connectivity index is 1.20. The lowest BCUT2D eigenvalue weighted by Gasteiger charge is -2.42. The van der Waals surface area contributed by atoms with Crippen LogP contribution in [0, 0.1) is 0 Å². The van der Waals surface area contributed by atoms with Crippen molar-refractivity contribution < 1.29 is 4.42 Å². The van der Waals surface area contributed by atoms with E-state index >= 15 is 0 Å². The Morgan fingerprint density at radius 3 is 1.59 bits per heavy atom. The molecule has 6 heteroatoms. The molecule has 5 heterocycles. The molecule has 0 N–H and O–H groups in total. The van der Waals surface area contributed by atoms with Crippen LogP contribution in [-0.4, -0.2) is 11.4 Å². The van der Waals surface area contributed by atoms with Gasteiger partial charge in [-0.15, -0.1) is 11.3 Å². The molecule has 0 radical (unpaired) electrons. The number of anilines is 5. The summed E-state index contributed by atoms with van der Waals surface area (Å²) >= 11 is 1.97. The predicted molar refractivity (Wildman–Crippen MR) is 331 cm³/mol. The summed E-state index contributed by atoms with van der Waals surface area (Å²) in [5.41, 5.74) is 21.7. The third-order valence-corrected chi connectivity index (χ3v) is 18.0. The zero-order valence-corrected chi connectivity index (χ0v) is 48.0. The summed E-state index contributed by atoms with van der Waals surface area (Å²) in [6.45, 7) is 34.6. The molecule has 0 amide bonds. The molecule has 380 valence electrons. The van der Waals surface area contributed by atoms with Crippen molar-refractivity contribution in [3.8, 4) is 16.8 Å². The third kappa shape index (κ3) is 7.37. The maximum atomic E-state index is 7.42. The largest absolute Gasteiger partial charge is 0.455 e. The predicted octanol–water partition coefficient (Wildman–Crippen LogP) is 19.1. The van der Waals surface area contributed by atoms with Crippen molar-refractivity contribution in [2.24, 2.45) is 0 Å². The second-order valence-electron chi connectivity index (χ2n) is 27.1. The van der Waals surface area contributed by atoms with Gasteiger partial charge in [0.15, 0.2) is 0 Å². The summed E-state index contributed by atoms with van der Waals surface area (Å²) in [6.07, 6.45) is 0. The molecule has 11 aromatic rings. The molecule has 4 nitrogen and oxygen atoms in total. The number of fused-ring (bicyclic) bond motifs is 15. The van der Waals surface area contributed by atoms with E-state index in [0.717, 1.165) is 39.0 Å². The van der Waals surface area contributed by atoms with E-state index in [-0.39, 0.29) is 33.9 Å². The molecule has 0 atom stereocenters. The topological polar surface area (TPSA) is 24.6 Å². The molecule has 2 aliphatic heterocycles. The Kier molecular flexibility index (Phi) is 10.4. The molecule has 0 spiro atoms. The van der Waals surface area contributed by atoms with E-state index in [2.05, 4.69) is 270 Å². The number of hydrogen-bond acceptors (Lipinski definition) is 4. The molecular formula is C70H70BN3OS. The van der Waals surface area contributed by atoms with Crippen molar-refractivity contribution in [2.45, 2.75) is 131 Å². The van der Waals surface area contributed by atoms with Crippen LogP contribution in [0.3, 0.4) is 0 Å². The van der Waals surface area contributed by atoms with Crippen LogP contribution in [0.1, 0.15) is 132 Å². The first kappa shape index (κ1) is 48.6. The highest BCUT2D eigenvalue weighted by molar-refractivity contribution is 7.32. The lowest BCUT2D eigenvalue weighted by atomic mass is 9.46. The van der Waals surface area contributed by atoms with Crippen LogP contribution in [0.4, 0.5) is 28.4 Å². The minimum absolute atomic E-state index is 0.0159. The summed E-state index contributed by atoms with van der Waals surface area (Å²) in [4.78, 5) is 5.15. The summed E-state index contributed by atoms with van der Waals surface area (Å²) in [5, 5.41) is 5.97. The Labute approximate surface area is 454 Å². The number of furan rings is 1. The fourth-order valence-corrected chi connectivity index (χ4v) is 13.7. The van der Waals surface area contributed by atoms with Gasteiger partial charge in [-0.1, -0.05) is 171 Å². The molecule has 0 saturated heterocycles. The van der Waals surface area contributed by atoms with Crippen molar-refractivity contribution in [3.05, 3.63) is 179 Å². The van der Waals surface area contributed by atoms with Gasteiger partial charge in [-0.2, -0.15) is 0 Å². The van der Waals surface area contributed by atoms with E-state index in [1.54, 1.807) is 0 Å². The molecule has 13 rings (SSSR count). The van der Waals surface area contributed by atoms with E-state index in [1.165, 1.54) is 98.1 Å². The van der Waals surface area contributed by atoms with Crippen LogP contribution in [0.2, 0.25) is 0 Å². The first-order valence-corrected chi connectivity index (χ1v) is 28.3. The Hall–Kier alpha value is -7.02. The number of rotatable bonds is 4.